The van der Waals surface area contributed by atoms with E-state index < -0.39 is 6.10 Å². The van der Waals surface area contributed by atoms with Crippen molar-refractivity contribution in [2.24, 2.45) is 0 Å². The smallest absolute Gasteiger partial charge is 0.123 e. The SMILES string of the molecule is OC[C@@H](O)CSCc1cccc(F)c1. The lowest BCUT2D eigenvalue weighted by atomic mass is 10.2. The van der Waals surface area contributed by atoms with E-state index in [1.165, 1.54) is 23.9 Å². The maximum Gasteiger partial charge on any atom is 0.123 e. The lowest BCUT2D eigenvalue weighted by Gasteiger charge is -2.06. The van der Waals surface area contributed by atoms with Crippen LogP contribution in [-0.2, 0) is 5.75 Å². The highest BCUT2D eigenvalue weighted by atomic mass is 32.2. The van der Waals surface area contributed by atoms with Crippen molar-refractivity contribution in [2.45, 2.75) is 11.9 Å². The molecule has 1 atom stereocenters. The van der Waals surface area contributed by atoms with E-state index in [2.05, 4.69) is 0 Å². The number of thioether (sulfide) groups is 1. The molecule has 0 aliphatic carbocycles. The van der Waals surface area contributed by atoms with Gasteiger partial charge in [0.05, 0.1) is 12.7 Å². The van der Waals surface area contributed by atoms with Crippen molar-refractivity contribution < 1.29 is 14.6 Å². The van der Waals surface area contributed by atoms with Crippen molar-refractivity contribution in [2.75, 3.05) is 12.4 Å². The van der Waals surface area contributed by atoms with E-state index in [0.717, 1.165) is 5.56 Å². The standard InChI is InChI=1S/C10H13FO2S/c11-9-3-1-2-8(4-9)6-14-7-10(13)5-12/h1-4,10,12-13H,5-7H2/t10-/m1/s1. The molecule has 0 saturated carbocycles. The zero-order valence-electron chi connectivity index (χ0n) is 7.69. The molecule has 0 fully saturated rings. The van der Waals surface area contributed by atoms with E-state index in [1.807, 2.05) is 6.07 Å². The van der Waals surface area contributed by atoms with E-state index in [0.29, 0.717) is 11.5 Å². The molecular weight excluding hydrogens is 203 g/mol. The van der Waals surface area contributed by atoms with Crippen LogP contribution in [0.1, 0.15) is 5.56 Å². The number of rotatable bonds is 5. The van der Waals surface area contributed by atoms with Crippen LogP contribution >= 0.6 is 11.8 Å². The third-order valence-corrected chi connectivity index (χ3v) is 2.84. The summed E-state index contributed by atoms with van der Waals surface area (Å²) < 4.78 is 12.7. The highest BCUT2D eigenvalue weighted by Crippen LogP contribution is 2.13. The van der Waals surface area contributed by atoms with Crippen LogP contribution in [0.4, 0.5) is 4.39 Å². The second-order valence-electron chi connectivity index (χ2n) is 2.98. The average molecular weight is 216 g/mol. The first-order chi connectivity index (χ1) is 6.72. The molecule has 1 rings (SSSR count). The summed E-state index contributed by atoms with van der Waals surface area (Å²) in [5, 5.41) is 17.6. The van der Waals surface area contributed by atoms with Gasteiger partial charge in [-0.2, -0.15) is 11.8 Å². The fraction of sp³-hybridized carbons (Fsp3) is 0.400. The molecule has 14 heavy (non-hydrogen) atoms. The first-order valence-corrected chi connectivity index (χ1v) is 5.49. The number of hydrogen-bond donors (Lipinski definition) is 2. The van der Waals surface area contributed by atoms with Crippen LogP contribution in [-0.4, -0.2) is 28.7 Å². The van der Waals surface area contributed by atoms with Gasteiger partial charge in [0.25, 0.3) is 0 Å². The summed E-state index contributed by atoms with van der Waals surface area (Å²) in [6.45, 7) is -0.226. The van der Waals surface area contributed by atoms with E-state index >= 15 is 0 Å². The van der Waals surface area contributed by atoms with Crippen LogP contribution in [0.3, 0.4) is 0 Å². The highest BCUT2D eigenvalue weighted by molar-refractivity contribution is 7.98. The van der Waals surface area contributed by atoms with Crippen molar-refractivity contribution in [1.82, 2.24) is 0 Å². The third kappa shape index (κ3) is 4.09. The number of aliphatic hydroxyl groups excluding tert-OH is 2. The molecule has 0 aliphatic rings. The predicted molar refractivity (Wildman–Crippen MR) is 55.7 cm³/mol. The molecule has 0 amide bonds. The van der Waals surface area contributed by atoms with Gasteiger partial charge in [-0.15, -0.1) is 0 Å². The molecule has 0 heterocycles. The minimum atomic E-state index is -0.687. The minimum absolute atomic E-state index is 0.226. The normalized spacial score (nSPS) is 12.8. The van der Waals surface area contributed by atoms with Gasteiger partial charge in [0.15, 0.2) is 0 Å². The molecule has 0 unspecified atom stereocenters. The van der Waals surface area contributed by atoms with Gasteiger partial charge < -0.3 is 10.2 Å². The maximum atomic E-state index is 12.7. The fourth-order valence-corrected chi connectivity index (χ4v) is 1.90. The maximum absolute atomic E-state index is 12.7. The molecule has 0 saturated heterocycles. The van der Waals surface area contributed by atoms with Crippen molar-refractivity contribution in [3.05, 3.63) is 35.6 Å². The molecule has 0 aliphatic heterocycles. The molecular formula is C10H13FO2S. The molecule has 0 bridgehead atoms. The van der Waals surface area contributed by atoms with Gasteiger partial charge in [-0.3, -0.25) is 0 Å². The number of hydrogen-bond acceptors (Lipinski definition) is 3. The highest BCUT2D eigenvalue weighted by Gasteiger charge is 2.02. The molecule has 1 aromatic carbocycles. The summed E-state index contributed by atoms with van der Waals surface area (Å²) >= 11 is 1.47. The Morgan fingerprint density at radius 3 is 2.86 bits per heavy atom. The first-order valence-electron chi connectivity index (χ1n) is 4.33. The Labute approximate surface area is 86.8 Å². The van der Waals surface area contributed by atoms with E-state index in [-0.39, 0.29) is 12.4 Å². The average Bonchev–Trinajstić information content (AvgIpc) is 2.17. The number of aliphatic hydroxyl groups is 2. The molecule has 4 heteroatoms. The zero-order valence-corrected chi connectivity index (χ0v) is 8.51. The van der Waals surface area contributed by atoms with Gasteiger partial charge in [-0.1, -0.05) is 12.1 Å². The van der Waals surface area contributed by atoms with Crippen LogP contribution in [0.5, 0.6) is 0 Å². The summed E-state index contributed by atoms with van der Waals surface area (Å²) in [4.78, 5) is 0. The Kier molecular flexibility index (Phi) is 4.93. The lowest BCUT2D eigenvalue weighted by molar-refractivity contribution is 0.113. The Balaban J connectivity index is 2.31. The van der Waals surface area contributed by atoms with Crippen molar-refractivity contribution in [1.29, 1.82) is 0 Å². The molecule has 2 N–H and O–H groups in total. The molecule has 0 spiro atoms. The monoisotopic (exact) mass is 216 g/mol. The third-order valence-electron chi connectivity index (χ3n) is 1.68. The van der Waals surface area contributed by atoms with Gasteiger partial charge in [0, 0.05) is 11.5 Å². The molecule has 0 aromatic heterocycles. The summed E-state index contributed by atoms with van der Waals surface area (Å²) in [7, 11) is 0. The summed E-state index contributed by atoms with van der Waals surface area (Å²) in [6, 6.07) is 6.37. The Bertz CT molecular complexity index is 281. The van der Waals surface area contributed by atoms with E-state index in [1.54, 1.807) is 6.07 Å². The van der Waals surface area contributed by atoms with Gasteiger partial charge in [0.2, 0.25) is 0 Å². The van der Waals surface area contributed by atoms with Crippen molar-refractivity contribution >= 4 is 11.8 Å². The lowest BCUT2D eigenvalue weighted by Crippen LogP contribution is -2.14. The van der Waals surface area contributed by atoms with Gasteiger partial charge in [-0.05, 0) is 17.7 Å². The van der Waals surface area contributed by atoms with Crippen molar-refractivity contribution in [3.8, 4) is 0 Å². The van der Waals surface area contributed by atoms with Crippen LogP contribution in [0.25, 0.3) is 0 Å². The van der Waals surface area contributed by atoms with Crippen LogP contribution < -0.4 is 0 Å². The summed E-state index contributed by atoms with van der Waals surface area (Å²) in [5.41, 5.74) is 0.889. The fourth-order valence-electron chi connectivity index (χ4n) is 0.992. The zero-order chi connectivity index (χ0) is 10.4. The number of halogens is 1. The largest absolute Gasteiger partial charge is 0.394 e. The summed E-state index contributed by atoms with van der Waals surface area (Å²) in [5.74, 6) is 0.868. The Morgan fingerprint density at radius 2 is 2.21 bits per heavy atom. The number of benzene rings is 1. The second-order valence-corrected chi connectivity index (χ2v) is 4.01. The first kappa shape index (κ1) is 11.5. The quantitative estimate of drug-likeness (QED) is 0.782. The molecule has 1 aromatic rings. The Hall–Kier alpha value is -0.580. The van der Waals surface area contributed by atoms with Crippen molar-refractivity contribution in [3.63, 3.8) is 0 Å². The summed E-state index contributed by atoms with van der Waals surface area (Å²) in [6.07, 6.45) is -0.687. The molecule has 2 nitrogen and oxygen atoms in total. The van der Waals surface area contributed by atoms with Gasteiger partial charge in [0.1, 0.15) is 5.82 Å². The second kappa shape index (κ2) is 6.01. The molecule has 0 radical (unpaired) electrons. The van der Waals surface area contributed by atoms with E-state index in [4.69, 9.17) is 10.2 Å². The van der Waals surface area contributed by atoms with Crippen LogP contribution in [0.2, 0.25) is 0 Å². The van der Waals surface area contributed by atoms with Crippen LogP contribution in [0, 0.1) is 5.82 Å². The molecule has 78 valence electrons. The predicted octanol–water partition coefficient (Wildman–Crippen LogP) is 1.41. The minimum Gasteiger partial charge on any atom is -0.394 e. The van der Waals surface area contributed by atoms with Gasteiger partial charge in [-0.25, -0.2) is 4.39 Å². The Morgan fingerprint density at radius 1 is 1.43 bits per heavy atom. The van der Waals surface area contributed by atoms with Gasteiger partial charge >= 0.3 is 0 Å². The van der Waals surface area contributed by atoms with E-state index in [9.17, 15) is 4.39 Å². The topological polar surface area (TPSA) is 40.5 Å². The van der Waals surface area contributed by atoms with Crippen LogP contribution in [0.15, 0.2) is 24.3 Å².